The average molecular weight is 266 g/mol. The summed E-state index contributed by atoms with van der Waals surface area (Å²) in [7, 11) is 1.80. The lowest BCUT2D eigenvalue weighted by molar-refractivity contribution is 0.102. The third-order valence-corrected chi connectivity index (χ3v) is 3.11. The van der Waals surface area contributed by atoms with E-state index in [1.807, 2.05) is 37.3 Å². The van der Waals surface area contributed by atoms with Crippen LogP contribution >= 0.6 is 0 Å². The second-order valence-electron chi connectivity index (χ2n) is 4.67. The predicted molar refractivity (Wildman–Crippen MR) is 77.6 cm³/mol. The smallest absolute Gasteiger partial charge is 0.256 e. The standard InChI is InChI=1S/C15H14N4O/c1-10-5-3-6-11(9-10)15(20)17-13-12-7-4-8-16-14(12)19(2)18-13/h3-9H,1-2H3,(H,17,18,20). The highest BCUT2D eigenvalue weighted by Crippen LogP contribution is 2.20. The molecule has 3 aromatic rings. The molecular formula is C15H14N4O. The number of anilines is 1. The molecule has 2 aromatic heterocycles. The molecule has 0 unspecified atom stereocenters. The summed E-state index contributed by atoms with van der Waals surface area (Å²) in [4.78, 5) is 16.5. The van der Waals surface area contributed by atoms with Crippen molar-refractivity contribution in [2.45, 2.75) is 6.92 Å². The van der Waals surface area contributed by atoms with Crippen molar-refractivity contribution in [1.82, 2.24) is 14.8 Å². The number of rotatable bonds is 2. The molecule has 3 rings (SSSR count). The molecule has 0 radical (unpaired) electrons. The largest absolute Gasteiger partial charge is 0.305 e. The molecule has 1 amide bonds. The molecule has 0 spiro atoms. The van der Waals surface area contributed by atoms with Crippen LogP contribution in [0.3, 0.4) is 0 Å². The van der Waals surface area contributed by atoms with Gasteiger partial charge in [0.05, 0.1) is 5.39 Å². The number of benzene rings is 1. The normalized spacial score (nSPS) is 10.7. The number of nitrogens with one attached hydrogen (secondary N) is 1. The van der Waals surface area contributed by atoms with E-state index in [4.69, 9.17) is 0 Å². The van der Waals surface area contributed by atoms with Crippen molar-refractivity contribution in [3.63, 3.8) is 0 Å². The van der Waals surface area contributed by atoms with Crippen LogP contribution in [-0.4, -0.2) is 20.7 Å². The second-order valence-corrected chi connectivity index (χ2v) is 4.67. The SMILES string of the molecule is Cc1cccc(C(=O)Nc2nn(C)c3ncccc23)c1. The number of aryl methyl sites for hydroxylation is 2. The van der Waals surface area contributed by atoms with Crippen molar-refractivity contribution in [2.75, 3.05) is 5.32 Å². The Balaban J connectivity index is 1.95. The van der Waals surface area contributed by atoms with E-state index in [2.05, 4.69) is 15.4 Å². The van der Waals surface area contributed by atoms with Gasteiger partial charge in [0, 0.05) is 18.8 Å². The Hall–Kier alpha value is -2.69. The van der Waals surface area contributed by atoms with Crippen LogP contribution in [-0.2, 0) is 7.05 Å². The van der Waals surface area contributed by atoms with E-state index in [-0.39, 0.29) is 5.91 Å². The fourth-order valence-corrected chi connectivity index (χ4v) is 2.15. The third-order valence-electron chi connectivity index (χ3n) is 3.11. The van der Waals surface area contributed by atoms with Gasteiger partial charge in [-0.05, 0) is 31.2 Å². The van der Waals surface area contributed by atoms with Gasteiger partial charge in [0.1, 0.15) is 0 Å². The molecule has 5 heteroatoms. The third kappa shape index (κ3) is 2.14. The van der Waals surface area contributed by atoms with Crippen LogP contribution in [0.25, 0.3) is 11.0 Å². The number of hydrogen-bond donors (Lipinski definition) is 1. The summed E-state index contributed by atoms with van der Waals surface area (Å²) < 4.78 is 1.65. The Morgan fingerprint density at radius 2 is 2.10 bits per heavy atom. The minimum atomic E-state index is -0.169. The molecule has 0 aliphatic rings. The number of pyridine rings is 1. The molecule has 0 aliphatic heterocycles. The Labute approximate surface area is 116 Å². The lowest BCUT2D eigenvalue weighted by atomic mass is 10.1. The van der Waals surface area contributed by atoms with Gasteiger partial charge in [-0.2, -0.15) is 5.10 Å². The summed E-state index contributed by atoms with van der Waals surface area (Å²) >= 11 is 0. The number of aromatic nitrogens is 3. The quantitative estimate of drug-likeness (QED) is 0.775. The molecule has 0 atom stereocenters. The molecule has 0 fully saturated rings. The van der Waals surface area contributed by atoms with Crippen LogP contribution in [0.5, 0.6) is 0 Å². The molecule has 0 aliphatic carbocycles. The molecule has 1 N–H and O–H groups in total. The van der Waals surface area contributed by atoms with Crippen LogP contribution in [0.1, 0.15) is 15.9 Å². The molecule has 20 heavy (non-hydrogen) atoms. The second kappa shape index (κ2) is 4.77. The van der Waals surface area contributed by atoms with Crippen molar-refractivity contribution in [2.24, 2.45) is 7.05 Å². The predicted octanol–water partition coefficient (Wildman–Crippen LogP) is 2.53. The summed E-state index contributed by atoms with van der Waals surface area (Å²) in [5.41, 5.74) is 2.41. The zero-order valence-corrected chi connectivity index (χ0v) is 11.3. The summed E-state index contributed by atoms with van der Waals surface area (Å²) in [6.45, 7) is 1.96. The lowest BCUT2D eigenvalue weighted by Gasteiger charge is -2.03. The molecule has 0 saturated heterocycles. The molecule has 100 valence electrons. The summed E-state index contributed by atoms with van der Waals surface area (Å²) in [5.74, 6) is 0.361. The summed E-state index contributed by atoms with van der Waals surface area (Å²) in [6, 6.07) is 11.2. The van der Waals surface area contributed by atoms with E-state index in [1.54, 1.807) is 24.0 Å². The van der Waals surface area contributed by atoms with Crippen molar-refractivity contribution in [3.05, 3.63) is 53.7 Å². The average Bonchev–Trinajstić information content (AvgIpc) is 2.76. The van der Waals surface area contributed by atoms with E-state index in [9.17, 15) is 4.79 Å². The van der Waals surface area contributed by atoms with Gasteiger partial charge < -0.3 is 5.32 Å². The maximum atomic E-state index is 12.2. The number of hydrogen-bond acceptors (Lipinski definition) is 3. The number of amides is 1. The topological polar surface area (TPSA) is 59.8 Å². The monoisotopic (exact) mass is 266 g/mol. The van der Waals surface area contributed by atoms with Crippen LogP contribution in [0.15, 0.2) is 42.6 Å². The van der Waals surface area contributed by atoms with Gasteiger partial charge >= 0.3 is 0 Å². The molecule has 5 nitrogen and oxygen atoms in total. The Morgan fingerprint density at radius 1 is 1.25 bits per heavy atom. The lowest BCUT2D eigenvalue weighted by Crippen LogP contribution is -2.12. The first kappa shape index (κ1) is 12.3. The van der Waals surface area contributed by atoms with E-state index in [0.717, 1.165) is 16.6 Å². The Morgan fingerprint density at radius 3 is 2.90 bits per heavy atom. The van der Waals surface area contributed by atoms with Crippen LogP contribution in [0.2, 0.25) is 0 Å². The van der Waals surface area contributed by atoms with Crippen LogP contribution in [0.4, 0.5) is 5.82 Å². The van der Waals surface area contributed by atoms with Gasteiger partial charge in [0.25, 0.3) is 5.91 Å². The van der Waals surface area contributed by atoms with Crippen molar-refractivity contribution >= 4 is 22.8 Å². The molecular weight excluding hydrogens is 252 g/mol. The van der Waals surface area contributed by atoms with E-state index in [0.29, 0.717) is 11.4 Å². The van der Waals surface area contributed by atoms with Gasteiger partial charge in [0.2, 0.25) is 0 Å². The van der Waals surface area contributed by atoms with Gasteiger partial charge in [0.15, 0.2) is 11.5 Å². The first-order valence-corrected chi connectivity index (χ1v) is 6.31. The number of nitrogens with zero attached hydrogens (tertiary/aromatic N) is 3. The number of carbonyl (C=O) groups excluding carboxylic acids is 1. The van der Waals surface area contributed by atoms with Gasteiger partial charge in [-0.15, -0.1) is 0 Å². The maximum absolute atomic E-state index is 12.2. The van der Waals surface area contributed by atoms with Crippen molar-refractivity contribution in [1.29, 1.82) is 0 Å². The Bertz CT molecular complexity index is 791. The van der Waals surface area contributed by atoms with E-state index < -0.39 is 0 Å². The molecule has 0 bridgehead atoms. The van der Waals surface area contributed by atoms with Gasteiger partial charge in [-0.25, -0.2) is 9.67 Å². The summed E-state index contributed by atoms with van der Waals surface area (Å²) in [6.07, 6.45) is 1.70. The van der Waals surface area contributed by atoms with Crippen molar-refractivity contribution in [3.8, 4) is 0 Å². The zero-order chi connectivity index (χ0) is 14.1. The molecule has 1 aromatic carbocycles. The van der Waals surface area contributed by atoms with Gasteiger partial charge in [-0.1, -0.05) is 17.7 Å². The number of fused-ring (bicyclic) bond motifs is 1. The zero-order valence-electron chi connectivity index (χ0n) is 11.3. The van der Waals surface area contributed by atoms with Crippen molar-refractivity contribution < 1.29 is 4.79 Å². The fraction of sp³-hybridized carbons (Fsp3) is 0.133. The first-order chi connectivity index (χ1) is 9.65. The summed E-state index contributed by atoms with van der Waals surface area (Å²) in [5, 5.41) is 7.97. The van der Waals surface area contributed by atoms with E-state index in [1.165, 1.54) is 0 Å². The minimum Gasteiger partial charge on any atom is -0.305 e. The van der Waals surface area contributed by atoms with Crippen LogP contribution in [0, 0.1) is 6.92 Å². The molecule has 2 heterocycles. The minimum absolute atomic E-state index is 0.169. The molecule has 0 saturated carbocycles. The highest BCUT2D eigenvalue weighted by molar-refractivity contribution is 6.07. The van der Waals surface area contributed by atoms with E-state index >= 15 is 0 Å². The fourth-order valence-electron chi connectivity index (χ4n) is 2.15. The first-order valence-electron chi connectivity index (χ1n) is 6.31. The number of carbonyl (C=O) groups is 1. The maximum Gasteiger partial charge on any atom is 0.256 e. The van der Waals surface area contributed by atoms with Crippen LogP contribution < -0.4 is 5.32 Å². The highest BCUT2D eigenvalue weighted by Gasteiger charge is 2.13. The van der Waals surface area contributed by atoms with Gasteiger partial charge in [-0.3, -0.25) is 4.79 Å². The highest BCUT2D eigenvalue weighted by atomic mass is 16.1. The Kier molecular flexibility index (Phi) is 2.95.